The predicted molar refractivity (Wildman–Crippen MR) is 104 cm³/mol. The van der Waals surface area contributed by atoms with Gasteiger partial charge in [-0.3, -0.25) is 14.7 Å². The van der Waals surface area contributed by atoms with Gasteiger partial charge in [-0.05, 0) is 49.8 Å². The first-order valence-electron chi connectivity index (χ1n) is 9.55. The Bertz CT molecular complexity index is 913. The summed E-state index contributed by atoms with van der Waals surface area (Å²) in [4.78, 5) is 27.3. The number of H-pyrrole nitrogens is 1. The first-order chi connectivity index (χ1) is 12.6. The van der Waals surface area contributed by atoms with Crippen LogP contribution in [0.25, 0.3) is 0 Å². The lowest BCUT2D eigenvalue weighted by Gasteiger charge is -2.28. The third kappa shape index (κ3) is 3.36. The molecule has 4 rings (SSSR count). The molecule has 1 N–H and O–H groups in total. The Hall–Kier alpha value is -2.27. The lowest BCUT2D eigenvalue weighted by atomic mass is 10.0. The van der Waals surface area contributed by atoms with Crippen LogP contribution in [0, 0.1) is 13.8 Å². The Morgan fingerprint density at radius 1 is 1.19 bits per heavy atom. The number of nitrogens with one attached hydrogen (secondary N) is 1. The molecule has 0 spiro atoms. The molecule has 0 radical (unpaired) electrons. The molecule has 0 saturated heterocycles. The van der Waals surface area contributed by atoms with Crippen molar-refractivity contribution in [3.8, 4) is 0 Å². The lowest BCUT2D eigenvalue weighted by molar-refractivity contribution is 0.241. The van der Waals surface area contributed by atoms with Gasteiger partial charge >= 0.3 is 0 Å². The topological polar surface area (TPSA) is 61.4 Å². The second-order valence-electron chi connectivity index (χ2n) is 7.44. The van der Waals surface area contributed by atoms with Gasteiger partial charge in [0.1, 0.15) is 0 Å². The van der Waals surface area contributed by atoms with Crippen molar-refractivity contribution in [3.05, 3.63) is 62.3 Å². The van der Waals surface area contributed by atoms with E-state index in [0.29, 0.717) is 12.4 Å². The van der Waals surface area contributed by atoms with Crippen LogP contribution in [-0.4, -0.2) is 33.7 Å². The Balaban J connectivity index is 1.56. The molecule has 2 aliphatic rings. The lowest BCUT2D eigenvalue weighted by Crippen LogP contribution is -2.36. The molecule has 0 bridgehead atoms. The van der Waals surface area contributed by atoms with E-state index in [-0.39, 0.29) is 5.56 Å². The van der Waals surface area contributed by atoms with Gasteiger partial charge in [0.05, 0.1) is 17.0 Å². The van der Waals surface area contributed by atoms with Crippen LogP contribution < -0.4 is 5.56 Å². The van der Waals surface area contributed by atoms with Crippen molar-refractivity contribution in [1.29, 1.82) is 0 Å². The number of aliphatic imine (C=N–C) groups is 1. The summed E-state index contributed by atoms with van der Waals surface area (Å²) in [5.74, 6) is 0.691. The number of nitrogens with zero attached hydrogens (tertiary/aromatic N) is 3. The third-order valence-corrected chi connectivity index (χ3v) is 5.66. The van der Waals surface area contributed by atoms with Crippen molar-refractivity contribution in [1.82, 2.24) is 14.9 Å². The second-order valence-corrected chi connectivity index (χ2v) is 7.44. The average Bonchev–Trinajstić information content (AvgIpc) is 2.66. The molecule has 5 nitrogen and oxygen atoms in total. The number of aryl methyl sites for hydroxylation is 1. The Labute approximate surface area is 154 Å². The highest BCUT2D eigenvalue weighted by molar-refractivity contribution is 5.97. The van der Waals surface area contributed by atoms with Crippen LogP contribution in [0.15, 0.2) is 28.0 Å². The summed E-state index contributed by atoms with van der Waals surface area (Å²) < 4.78 is 0. The fraction of sp³-hybridized carbons (Fsp3) is 0.476. The van der Waals surface area contributed by atoms with Crippen LogP contribution in [0.3, 0.4) is 0 Å². The summed E-state index contributed by atoms with van der Waals surface area (Å²) in [6.07, 6.45) is 4.00. The minimum absolute atomic E-state index is 0.00365. The van der Waals surface area contributed by atoms with Crippen molar-refractivity contribution < 1.29 is 0 Å². The third-order valence-electron chi connectivity index (χ3n) is 5.66. The molecule has 3 heterocycles. The second kappa shape index (κ2) is 7.16. The number of hydrogen-bond donors (Lipinski definition) is 1. The molecule has 136 valence electrons. The molecule has 0 unspecified atom stereocenters. The zero-order chi connectivity index (χ0) is 18.1. The summed E-state index contributed by atoms with van der Waals surface area (Å²) in [6.45, 7) is 7.64. The number of hydrogen-bond acceptors (Lipinski definition) is 4. The van der Waals surface area contributed by atoms with E-state index in [2.05, 4.69) is 46.9 Å². The highest BCUT2D eigenvalue weighted by Gasteiger charge is 2.23. The monoisotopic (exact) mass is 350 g/mol. The average molecular weight is 350 g/mol. The van der Waals surface area contributed by atoms with Gasteiger partial charge in [0.2, 0.25) is 0 Å². The van der Waals surface area contributed by atoms with E-state index in [1.165, 1.54) is 16.7 Å². The molecular weight excluding hydrogens is 324 g/mol. The maximum Gasteiger partial charge on any atom is 0.255 e. The number of fused-ring (bicyclic) bond motifs is 1. The van der Waals surface area contributed by atoms with Gasteiger partial charge in [0.25, 0.3) is 5.56 Å². The number of benzene rings is 1. The molecule has 1 aromatic heterocycles. The van der Waals surface area contributed by atoms with Crippen LogP contribution in [0.1, 0.15) is 53.0 Å². The fourth-order valence-electron chi connectivity index (χ4n) is 3.87. The molecule has 0 fully saturated rings. The molecule has 5 heteroatoms. The van der Waals surface area contributed by atoms with Crippen LogP contribution in [-0.2, 0) is 19.5 Å². The number of aromatic amines is 1. The summed E-state index contributed by atoms with van der Waals surface area (Å²) in [7, 11) is 0. The molecule has 2 aliphatic heterocycles. The Morgan fingerprint density at radius 3 is 2.88 bits per heavy atom. The smallest absolute Gasteiger partial charge is 0.255 e. The van der Waals surface area contributed by atoms with Gasteiger partial charge in [-0.15, -0.1) is 0 Å². The van der Waals surface area contributed by atoms with E-state index in [1.807, 2.05) is 0 Å². The molecular formula is C21H26N4O. The van der Waals surface area contributed by atoms with E-state index in [4.69, 9.17) is 4.98 Å². The fourth-order valence-corrected chi connectivity index (χ4v) is 3.87. The molecule has 26 heavy (non-hydrogen) atoms. The van der Waals surface area contributed by atoms with Crippen LogP contribution in [0.5, 0.6) is 0 Å². The van der Waals surface area contributed by atoms with E-state index in [0.717, 1.165) is 62.3 Å². The minimum atomic E-state index is 0.00365. The zero-order valence-electron chi connectivity index (χ0n) is 15.6. The predicted octanol–water partition coefficient (Wildman–Crippen LogP) is 2.92. The first-order valence-corrected chi connectivity index (χ1v) is 9.55. The van der Waals surface area contributed by atoms with Crippen LogP contribution in [0.2, 0.25) is 0 Å². The van der Waals surface area contributed by atoms with Gasteiger partial charge < -0.3 is 4.98 Å². The molecule has 0 amide bonds. The molecule has 0 saturated carbocycles. The molecule has 2 aromatic rings. The highest BCUT2D eigenvalue weighted by Crippen LogP contribution is 2.20. The van der Waals surface area contributed by atoms with Gasteiger partial charge in [-0.25, -0.2) is 4.98 Å². The number of rotatable bonds is 3. The minimum Gasteiger partial charge on any atom is -0.305 e. The summed E-state index contributed by atoms with van der Waals surface area (Å²) >= 11 is 0. The summed E-state index contributed by atoms with van der Waals surface area (Å²) in [5.41, 5.74) is 6.74. The largest absolute Gasteiger partial charge is 0.305 e. The van der Waals surface area contributed by atoms with Gasteiger partial charge in [-0.2, -0.15) is 0 Å². The molecule has 1 aromatic carbocycles. The SMILES string of the molecule is Cc1cccc(CN2CCc3nc(C4=NCCCC4)[nH]c(=O)c3C2)c1C. The van der Waals surface area contributed by atoms with Crippen molar-refractivity contribution in [2.45, 2.75) is 52.6 Å². The van der Waals surface area contributed by atoms with Crippen LogP contribution in [0.4, 0.5) is 0 Å². The van der Waals surface area contributed by atoms with Crippen LogP contribution >= 0.6 is 0 Å². The highest BCUT2D eigenvalue weighted by atomic mass is 16.1. The number of aromatic nitrogens is 2. The quantitative estimate of drug-likeness (QED) is 0.926. The van der Waals surface area contributed by atoms with Crippen molar-refractivity contribution >= 4 is 5.71 Å². The molecule has 0 aliphatic carbocycles. The first kappa shape index (κ1) is 17.2. The van der Waals surface area contributed by atoms with E-state index >= 15 is 0 Å². The maximum atomic E-state index is 12.7. The van der Waals surface area contributed by atoms with E-state index in [1.54, 1.807) is 0 Å². The molecule has 0 atom stereocenters. The van der Waals surface area contributed by atoms with Gasteiger partial charge in [-0.1, -0.05) is 18.2 Å². The zero-order valence-corrected chi connectivity index (χ0v) is 15.6. The normalized spacial score (nSPS) is 17.7. The van der Waals surface area contributed by atoms with Crippen molar-refractivity contribution in [2.24, 2.45) is 4.99 Å². The summed E-state index contributed by atoms with van der Waals surface area (Å²) in [5, 5.41) is 0. The van der Waals surface area contributed by atoms with Crippen molar-refractivity contribution in [2.75, 3.05) is 13.1 Å². The maximum absolute atomic E-state index is 12.7. The van der Waals surface area contributed by atoms with Gasteiger partial charge in [0.15, 0.2) is 5.82 Å². The van der Waals surface area contributed by atoms with Crippen molar-refractivity contribution in [3.63, 3.8) is 0 Å². The van der Waals surface area contributed by atoms with E-state index < -0.39 is 0 Å². The van der Waals surface area contributed by atoms with Gasteiger partial charge in [0, 0.05) is 32.6 Å². The Kier molecular flexibility index (Phi) is 4.72. The Morgan fingerprint density at radius 2 is 2.08 bits per heavy atom. The summed E-state index contributed by atoms with van der Waals surface area (Å²) in [6, 6.07) is 6.44. The van der Waals surface area contributed by atoms with E-state index in [9.17, 15) is 4.79 Å². The standard InChI is InChI=1S/C21H26N4O/c1-14-6-5-7-16(15(14)2)12-25-11-9-18-17(13-25)21(26)24-20(23-18)19-8-3-4-10-22-19/h5-7H,3-4,8-13H2,1-2H3,(H,23,24,26).